The van der Waals surface area contributed by atoms with Crippen LogP contribution in [0.5, 0.6) is 0 Å². The van der Waals surface area contributed by atoms with Gasteiger partial charge in [0.2, 0.25) is 5.95 Å². The molecule has 0 aliphatic rings. The first kappa shape index (κ1) is 12.0. The quantitative estimate of drug-likeness (QED) is 0.860. The summed E-state index contributed by atoms with van der Waals surface area (Å²) < 4.78 is 3.02. The summed E-state index contributed by atoms with van der Waals surface area (Å²) in [5, 5.41) is 3.18. The van der Waals surface area contributed by atoms with Gasteiger partial charge in [-0.1, -0.05) is 0 Å². The number of nitrogens with zero attached hydrogens (tertiary/aromatic N) is 4. The van der Waals surface area contributed by atoms with E-state index in [1.54, 1.807) is 12.4 Å². The van der Waals surface area contributed by atoms with Crippen molar-refractivity contribution in [3.05, 3.63) is 35.1 Å². The standard InChI is InChI=1S/C11H14BrN5/c1-9-13-4-6-17(9)5-2-3-14-11-15-7-10(12)8-16-11/h4,6-8H,2-3,5H2,1H3,(H,14,15,16). The zero-order valence-corrected chi connectivity index (χ0v) is 11.2. The zero-order chi connectivity index (χ0) is 12.1. The summed E-state index contributed by atoms with van der Waals surface area (Å²) in [7, 11) is 0. The first-order valence-electron chi connectivity index (χ1n) is 5.45. The molecule has 0 aliphatic heterocycles. The zero-order valence-electron chi connectivity index (χ0n) is 9.60. The van der Waals surface area contributed by atoms with Crippen molar-refractivity contribution < 1.29 is 0 Å². The first-order chi connectivity index (χ1) is 8.25. The van der Waals surface area contributed by atoms with Gasteiger partial charge in [0.15, 0.2) is 0 Å². The van der Waals surface area contributed by atoms with Crippen molar-refractivity contribution in [2.45, 2.75) is 19.9 Å². The molecule has 0 aromatic carbocycles. The van der Waals surface area contributed by atoms with Crippen LogP contribution in [0.25, 0.3) is 0 Å². The van der Waals surface area contributed by atoms with Crippen molar-refractivity contribution in [2.75, 3.05) is 11.9 Å². The van der Waals surface area contributed by atoms with Crippen LogP contribution in [0.4, 0.5) is 5.95 Å². The van der Waals surface area contributed by atoms with Gasteiger partial charge in [-0.2, -0.15) is 0 Å². The van der Waals surface area contributed by atoms with Gasteiger partial charge >= 0.3 is 0 Å². The molecule has 0 fully saturated rings. The maximum Gasteiger partial charge on any atom is 0.222 e. The molecule has 0 saturated heterocycles. The lowest BCUT2D eigenvalue weighted by Gasteiger charge is -2.06. The summed E-state index contributed by atoms with van der Waals surface area (Å²) >= 11 is 3.30. The minimum atomic E-state index is 0.663. The number of aryl methyl sites for hydroxylation is 2. The number of aromatic nitrogens is 4. The van der Waals surface area contributed by atoms with Crippen molar-refractivity contribution in [3.8, 4) is 0 Å². The summed E-state index contributed by atoms with van der Waals surface area (Å²) in [6.07, 6.45) is 8.29. The predicted molar refractivity (Wildman–Crippen MR) is 69.8 cm³/mol. The molecule has 90 valence electrons. The Hall–Kier alpha value is -1.43. The molecular weight excluding hydrogens is 282 g/mol. The maximum absolute atomic E-state index is 4.18. The SMILES string of the molecule is Cc1nccn1CCCNc1ncc(Br)cn1. The van der Waals surface area contributed by atoms with Crippen LogP contribution in [-0.4, -0.2) is 26.1 Å². The van der Waals surface area contributed by atoms with Crippen molar-refractivity contribution >= 4 is 21.9 Å². The average molecular weight is 296 g/mol. The predicted octanol–water partition coefficient (Wildman–Crippen LogP) is 2.25. The van der Waals surface area contributed by atoms with Crippen LogP contribution in [0.1, 0.15) is 12.2 Å². The van der Waals surface area contributed by atoms with Crippen molar-refractivity contribution in [1.29, 1.82) is 0 Å². The van der Waals surface area contributed by atoms with Crippen LogP contribution in [0.2, 0.25) is 0 Å². The molecule has 5 nitrogen and oxygen atoms in total. The summed E-state index contributed by atoms with van der Waals surface area (Å²) in [6.45, 7) is 3.81. The van der Waals surface area contributed by atoms with E-state index in [0.29, 0.717) is 5.95 Å². The molecule has 0 unspecified atom stereocenters. The highest BCUT2D eigenvalue weighted by Crippen LogP contribution is 2.06. The maximum atomic E-state index is 4.18. The molecule has 2 heterocycles. The fourth-order valence-electron chi connectivity index (χ4n) is 1.49. The summed E-state index contributed by atoms with van der Waals surface area (Å²) in [5.74, 6) is 1.71. The van der Waals surface area contributed by atoms with E-state index in [2.05, 4.69) is 40.8 Å². The number of anilines is 1. The number of imidazole rings is 1. The van der Waals surface area contributed by atoms with E-state index in [-0.39, 0.29) is 0 Å². The van der Waals surface area contributed by atoms with E-state index in [4.69, 9.17) is 0 Å². The number of hydrogen-bond donors (Lipinski definition) is 1. The number of halogens is 1. The van der Waals surface area contributed by atoms with Crippen LogP contribution < -0.4 is 5.32 Å². The first-order valence-corrected chi connectivity index (χ1v) is 6.24. The van der Waals surface area contributed by atoms with Gasteiger partial charge in [0.1, 0.15) is 5.82 Å². The van der Waals surface area contributed by atoms with Crippen LogP contribution in [0, 0.1) is 6.92 Å². The van der Waals surface area contributed by atoms with Crippen molar-refractivity contribution in [2.24, 2.45) is 0 Å². The molecule has 0 radical (unpaired) electrons. The van der Waals surface area contributed by atoms with E-state index in [1.807, 2.05) is 19.3 Å². The van der Waals surface area contributed by atoms with Crippen LogP contribution in [0.15, 0.2) is 29.3 Å². The molecule has 0 amide bonds. The summed E-state index contributed by atoms with van der Waals surface area (Å²) in [6, 6.07) is 0. The van der Waals surface area contributed by atoms with Crippen LogP contribution in [-0.2, 0) is 6.54 Å². The fraction of sp³-hybridized carbons (Fsp3) is 0.364. The molecule has 6 heteroatoms. The second kappa shape index (κ2) is 5.77. The van der Waals surface area contributed by atoms with Gasteiger partial charge in [0, 0.05) is 37.9 Å². The second-order valence-corrected chi connectivity index (χ2v) is 4.59. The lowest BCUT2D eigenvalue weighted by Crippen LogP contribution is -2.09. The third-order valence-electron chi connectivity index (χ3n) is 2.40. The van der Waals surface area contributed by atoms with E-state index in [9.17, 15) is 0 Å². The van der Waals surface area contributed by atoms with Gasteiger partial charge in [-0.05, 0) is 29.3 Å². The fourth-order valence-corrected chi connectivity index (χ4v) is 1.70. The number of hydrogen-bond acceptors (Lipinski definition) is 4. The molecule has 0 spiro atoms. The Labute approximate surface area is 108 Å². The molecule has 1 N–H and O–H groups in total. The smallest absolute Gasteiger partial charge is 0.222 e. The van der Waals surface area contributed by atoms with E-state index < -0.39 is 0 Å². The molecule has 2 rings (SSSR count). The number of nitrogens with one attached hydrogen (secondary N) is 1. The Morgan fingerprint density at radius 3 is 2.71 bits per heavy atom. The van der Waals surface area contributed by atoms with Gasteiger partial charge < -0.3 is 9.88 Å². The summed E-state index contributed by atoms with van der Waals surface area (Å²) in [4.78, 5) is 12.5. The minimum absolute atomic E-state index is 0.663. The highest BCUT2D eigenvalue weighted by molar-refractivity contribution is 9.10. The van der Waals surface area contributed by atoms with Crippen LogP contribution >= 0.6 is 15.9 Å². The lowest BCUT2D eigenvalue weighted by molar-refractivity contribution is 0.641. The topological polar surface area (TPSA) is 55.6 Å². The molecule has 0 saturated carbocycles. The molecule has 0 aliphatic carbocycles. The Bertz CT molecular complexity index is 465. The Morgan fingerprint density at radius 1 is 1.29 bits per heavy atom. The molecule has 0 atom stereocenters. The molecular formula is C11H14BrN5. The van der Waals surface area contributed by atoms with Crippen molar-refractivity contribution in [1.82, 2.24) is 19.5 Å². The normalized spacial score (nSPS) is 10.5. The van der Waals surface area contributed by atoms with Gasteiger partial charge in [-0.15, -0.1) is 0 Å². The highest BCUT2D eigenvalue weighted by atomic mass is 79.9. The Kier molecular flexibility index (Phi) is 4.08. The third kappa shape index (κ3) is 3.52. The molecule has 2 aromatic rings. The average Bonchev–Trinajstić information content (AvgIpc) is 2.73. The second-order valence-electron chi connectivity index (χ2n) is 3.67. The largest absolute Gasteiger partial charge is 0.354 e. The van der Waals surface area contributed by atoms with E-state index in [0.717, 1.165) is 29.8 Å². The van der Waals surface area contributed by atoms with E-state index in [1.165, 1.54) is 0 Å². The van der Waals surface area contributed by atoms with Gasteiger partial charge in [0.05, 0.1) is 4.47 Å². The van der Waals surface area contributed by atoms with E-state index >= 15 is 0 Å². The Morgan fingerprint density at radius 2 is 2.06 bits per heavy atom. The monoisotopic (exact) mass is 295 g/mol. The van der Waals surface area contributed by atoms with Gasteiger partial charge in [-0.3, -0.25) is 0 Å². The lowest BCUT2D eigenvalue weighted by atomic mass is 10.4. The third-order valence-corrected chi connectivity index (χ3v) is 2.81. The van der Waals surface area contributed by atoms with Crippen molar-refractivity contribution in [3.63, 3.8) is 0 Å². The highest BCUT2D eigenvalue weighted by Gasteiger charge is 1.97. The summed E-state index contributed by atoms with van der Waals surface area (Å²) in [5.41, 5.74) is 0. The molecule has 17 heavy (non-hydrogen) atoms. The molecule has 0 bridgehead atoms. The van der Waals surface area contributed by atoms with Crippen LogP contribution in [0.3, 0.4) is 0 Å². The molecule has 2 aromatic heterocycles. The Balaban J connectivity index is 1.73. The minimum Gasteiger partial charge on any atom is -0.354 e. The van der Waals surface area contributed by atoms with Gasteiger partial charge in [0.25, 0.3) is 0 Å². The van der Waals surface area contributed by atoms with Gasteiger partial charge in [-0.25, -0.2) is 15.0 Å². The number of rotatable bonds is 5.